The summed E-state index contributed by atoms with van der Waals surface area (Å²) < 4.78 is 56.3. The van der Waals surface area contributed by atoms with Crippen LogP contribution in [0.5, 0.6) is 5.75 Å². The smallest absolute Gasteiger partial charge is 0.419 e. The molecule has 0 N–H and O–H groups in total. The van der Waals surface area contributed by atoms with Crippen LogP contribution in [0.25, 0.3) is 11.1 Å². The van der Waals surface area contributed by atoms with Crippen molar-refractivity contribution < 1.29 is 22.3 Å². The fourth-order valence-corrected chi connectivity index (χ4v) is 1.84. The van der Waals surface area contributed by atoms with Gasteiger partial charge >= 0.3 is 6.18 Å². The van der Waals surface area contributed by atoms with E-state index in [-0.39, 0.29) is 11.3 Å². The van der Waals surface area contributed by atoms with E-state index in [0.29, 0.717) is 5.56 Å². The second kappa shape index (κ2) is 4.91. The zero-order valence-corrected chi connectivity index (χ0v) is 9.96. The van der Waals surface area contributed by atoms with Gasteiger partial charge < -0.3 is 4.74 Å². The standard InChI is InChI=1S/C14H10F4O/c1-19-13-11(9-5-7-10(15)8-6-9)3-2-4-12(13)14(16,17)18/h2-8H,1H3. The van der Waals surface area contributed by atoms with E-state index in [0.717, 1.165) is 6.07 Å². The Labute approximate surface area is 107 Å². The van der Waals surface area contributed by atoms with Crippen LogP contribution in [-0.2, 0) is 6.18 Å². The number of halogens is 4. The third kappa shape index (κ3) is 2.70. The second-order valence-corrected chi connectivity index (χ2v) is 3.89. The van der Waals surface area contributed by atoms with Crippen molar-refractivity contribution >= 4 is 0 Å². The first-order chi connectivity index (χ1) is 8.93. The molecule has 0 aromatic heterocycles. The van der Waals surface area contributed by atoms with E-state index in [9.17, 15) is 17.6 Å². The Hall–Kier alpha value is -2.04. The largest absolute Gasteiger partial charge is 0.495 e. The molecule has 0 bridgehead atoms. The maximum Gasteiger partial charge on any atom is 0.419 e. The summed E-state index contributed by atoms with van der Waals surface area (Å²) in [5.74, 6) is -0.712. The molecule has 0 atom stereocenters. The third-order valence-corrected chi connectivity index (χ3v) is 2.68. The number of hydrogen-bond acceptors (Lipinski definition) is 1. The number of rotatable bonds is 2. The first-order valence-corrected chi connectivity index (χ1v) is 5.43. The molecule has 0 radical (unpaired) electrons. The van der Waals surface area contributed by atoms with Gasteiger partial charge in [-0.1, -0.05) is 24.3 Å². The highest BCUT2D eigenvalue weighted by atomic mass is 19.4. The minimum Gasteiger partial charge on any atom is -0.495 e. The molecule has 0 aliphatic rings. The van der Waals surface area contributed by atoms with Gasteiger partial charge in [-0.15, -0.1) is 0 Å². The van der Waals surface area contributed by atoms with E-state index >= 15 is 0 Å². The Balaban J connectivity index is 2.61. The van der Waals surface area contributed by atoms with Gasteiger partial charge in [-0.2, -0.15) is 13.2 Å². The fraction of sp³-hybridized carbons (Fsp3) is 0.143. The zero-order chi connectivity index (χ0) is 14.0. The second-order valence-electron chi connectivity index (χ2n) is 3.89. The summed E-state index contributed by atoms with van der Waals surface area (Å²) in [6.07, 6.45) is -4.50. The molecule has 0 unspecified atom stereocenters. The first-order valence-electron chi connectivity index (χ1n) is 5.43. The highest BCUT2D eigenvalue weighted by Crippen LogP contribution is 2.41. The molecule has 0 aliphatic heterocycles. The van der Waals surface area contributed by atoms with Crippen LogP contribution in [0.3, 0.4) is 0 Å². The summed E-state index contributed by atoms with van der Waals surface area (Å²) in [6, 6.07) is 8.95. The van der Waals surface area contributed by atoms with Crippen molar-refractivity contribution in [2.45, 2.75) is 6.18 Å². The van der Waals surface area contributed by atoms with Gasteiger partial charge in [0.25, 0.3) is 0 Å². The van der Waals surface area contributed by atoms with Crippen LogP contribution in [0.1, 0.15) is 5.56 Å². The van der Waals surface area contributed by atoms with Gasteiger partial charge in [-0.25, -0.2) is 4.39 Å². The van der Waals surface area contributed by atoms with Crippen LogP contribution >= 0.6 is 0 Å². The van der Waals surface area contributed by atoms with Crippen LogP contribution in [0.4, 0.5) is 17.6 Å². The molecule has 100 valence electrons. The van der Waals surface area contributed by atoms with Crippen molar-refractivity contribution in [2.24, 2.45) is 0 Å². The maximum atomic E-state index is 12.9. The van der Waals surface area contributed by atoms with Crippen molar-refractivity contribution in [3.05, 3.63) is 53.8 Å². The molecule has 0 saturated heterocycles. The molecule has 2 aromatic rings. The normalized spacial score (nSPS) is 11.4. The molecule has 19 heavy (non-hydrogen) atoms. The van der Waals surface area contributed by atoms with Gasteiger partial charge in [0.1, 0.15) is 11.6 Å². The van der Waals surface area contributed by atoms with Gasteiger partial charge in [0.2, 0.25) is 0 Å². The summed E-state index contributed by atoms with van der Waals surface area (Å²) in [7, 11) is 1.18. The minimum atomic E-state index is -4.50. The van der Waals surface area contributed by atoms with Crippen molar-refractivity contribution in [3.63, 3.8) is 0 Å². The number of para-hydroxylation sites is 1. The molecule has 0 fully saturated rings. The molecular formula is C14H10F4O. The minimum absolute atomic E-state index is 0.262. The highest BCUT2D eigenvalue weighted by Gasteiger charge is 2.35. The molecule has 0 heterocycles. The van der Waals surface area contributed by atoms with Gasteiger partial charge in [-0.3, -0.25) is 0 Å². The van der Waals surface area contributed by atoms with Crippen LogP contribution in [0, 0.1) is 5.82 Å². The van der Waals surface area contributed by atoms with E-state index < -0.39 is 17.6 Å². The van der Waals surface area contributed by atoms with Crippen molar-refractivity contribution in [2.75, 3.05) is 7.11 Å². The topological polar surface area (TPSA) is 9.23 Å². The van der Waals surface area contributed by atoms with Gasteiger partial charge in [0.15, 0.2) is 0 Å². The molecule has 2 aromatic carbocycles. The maximum absolute atomic E-state index is 12.9. The molecule has 0 aliphatic carbocycles. The van der Waals surface area contributed by atoms with E-state index in [2.05, 4.69) is 0 Å². The first kappa shape index (κ1) is 13.4. The quantitative estimate of drug-likeness (QED) is 0.729. The number of methoxy groups -OCH3 is 1. The summed E-state index contributed by atoms with van der Waals surface area (Å²) in [6.45, 7) is 0. The lowest BCUT2D eigenvalue weighted by molar-refractivity contribution is -0.138. The fourth-order valence-electron chi connectivity index (χ4n) is 1.84. The lowest BCUT2D eigenvalue weighted by Gasteiger charge is -2.15. The van der Waals surface area contributed by atoms with Gasteiger partial charge in [0, 0.05) is 5.56 Å². The van der Waals surface area contributed by atoms with Crippen molar-refractivity contribution in [1.82, 2.24) is 0 Å². The van der Waals surface area contributed by atoms with E-state index in [1.54, 1.807) is 0 Å². The number of alkyl halides is 3. The molecule has 2 rings (SSSR count). The number of hydrogen-bond donors (Lipinski definition) is 0. The summed E-state index contributed by atoms with van der Waals surface area (Å²) in [4.78, 5) is 0. The Bertz CT molecular complexity index is 573. The SMILES string of the molecule is COc1c(-c2ccc(F)cc2)cccc1C(F)(F)F. The lowest BCUT2D eigenvalue weighted by atomic mass is 10.0. The van der Waals surface area contributed by atoms with Gasteiger partial charge in [-0.05, 0) is 23.8 Å². The van der Waals surface area contributed by atoms with Crippen LogP contribution in [-0.4, -0.2) is 7.11 Å². The zero-order valence-electron chi connectivity index (χ0n) is 9.96. The third-order valence-electron chi connectivity index (χ3n) is 2.68. The highest BCUT2D eigenvalue weighted by molar-refractivity contribution is 5.72. The number of benzene rings is 2. The van der Waals surface area contributed by atoms with E-state index in [1.807, 2.05) is 0 Å². The van der Waals surface area contributed by atoms with Crippen LogP contribution in [0.2, 0.25) is 0 Å². The summed E-state index contributed by atoms with van der Waals surface area (Å²) >= 11 is 0. The Morgan fingerprint density at radius 2 is 1.58 bits per heavy atom. The van der Waals surface area contributed by atoms with Crippen molar-refractivity contribution in [1.29, 1.82) is 0 Å². The summed E-state index contributed by atoms with van der Waals surface area (Å²) in [5, 5.41) is 0. The molecule has 1 nitrogen and oxygen atoms in total. The summed E-state index contributed by atoms with van der Waals surface area (Å²) in [5.41, 5.74) is -0.112. The number of ether oxygens (including phenoxy) is 1. The average Bonchev–Trinajstić information content (AvgIpc) is 2.37. The molecule has 0 amide bonds. The van der Waals surface area contributed by atoms with Crippen molar-refractivity contribution in [3.8, 4) is 16.9 Å². The Morgan fingerprint density at radius 3 is 2.11 bits per heavy atom. The molecule has 0 spiro atoms. The van der Waals surface area contributed by atoms with Crippen LogP contribution in [0.15, 0.2) is 42.5 Å². The molecule has 0 saturated carbocycles. The monoisotopic (exact) mass is 270 g/mol. The molecule has 5 heteroatoms. The predicted molar refractivity (Wildman–Crippen MR) is 63.4 cm³/mol. The van der Waals surface area contributed by atoms with Crippen LogP contribution < -0.4 is 4.74 Å². The van der Waals surface area contributed by atoms with Gasteiger partial charge in [0.05, 0.1) is 12.7 Å². The average molecular weight is 270 g/mol. The lowest BCUT2D eigenvalue weighted by Crippen LogP contribution is -2.08. The predicted octanol–water partition coefficient (Wildman–Crippen LogP) is 4.52. The molecular weight excluding hydrogens is 260 g/mol. The Morgan fingerprint density at radius 1 is 0.947 bits per heavy atom. The van der Waals surface area contributed by atoms with E-state index in [1.165, 1.54) is 43.5 Å². The van der Waals surface area contributed by atoms with E-state index in [4.69, 9.17) is 4.74 Å². The Kier molecular flexibility index (Phi) is 3.46.